The number of hydrogen-bond acceptors (Lipinski definition) is 5. The largest absolute Gasteiger partial charge is 0.340 e. The van der Waals surface area contributed by atoms with Crippen molar-refractivity contribution in [2.45, 2.75) is 42.5 Å². The molecule has 0 bridgehead atoms. The number of benzene rings is 2. The fourth-order valence-corrected chi connectivity index (χ4v) is 6.34. The molecule has 1 aliphatic heterocycles. The molecule has 4 aromatic rings. The van der Waals surface area contributed by atoms with E-state index < -0.39 is 0 Å². The molecule has 2 aromatic heterocycles. The summed E-state index contributed by atoms with van der Waals surface area (Å²) in [4.78, 5) is 31.3. The molecule has 2 fully saturated rings. The zero-order chi connectivity index (χ0) is 21.7. The number of likely N-dealkylation sites (tertiary alicyclic amines) is 1. The summed E-state index contributed by atoms with van der Waals surface area (Å²) < 4.78 is 0. The molecule has 6 rings (SSSR count). The molecule has 1 aliphatic carbocycles. The second-order valence-electron chi connectivity index (χ2n) is 8.51. The molecule has 1 unspecified atom stereocenters. The van der Waals surface area contributed by atoms with E-state index in [-0.39, 0.29) is 11.9 Å². The number of thiazole rings is 1. The van der Waals surface area contributed by atoms with Gasteiger partial charge in [-0.2, -0.15) is 0 Å². The van der Waals surface area contributed by atoms with Crippen molar-refractivity contribution in [1.82, 2.24) is 19.9 Å². The minimum Gasteiger partial charge on any atom is -0.340 e. The van der Waals surface area contributed by atoms with E-state index in [0.717, 1.165) is 56.6 Å². The lowest BCUT2D eigenvalue weighted by Gasteiger charge is -2.22. The predicted octanol–water partition coefficient (Wildman–Crippen LogP) is 6.26. The summed E-state index contributed by atoms with van der Waals surface area (Å²) in [5.41, 5.74) is 3.70. The average molecular weight is 461 g/mol. The molecule has 1 saturated heterocycles. The second-order valence-corrected chi connectivity index (χ2v) is 10.4. The number of nitrogens with one attached hydrogen (secondary N) is 1. The Kier molecular flexibility index (Phi) is 5.03. The van der Waals surface area contributed by atoms with E-state index in [1.165, 1.54) is 12.8 Å². The zero-order valence-corrected chi connectivity index (χ0v) is 19.5. The zero-order valence-electron chi connectivity index (χ0n) is 17.9. The normalized spacial score (nSPS) is 18.5. The smallest absolute Gasteiger partial charge is 0.274 e. The van der Waals surface area contributed by atoms with Crippen molar-refractivity contribution in [2.75, 3.05) is 12.8 Å². The van der Waals surface area contributed by atoms with Crippen LogP contribution in [0.15, 0.2) is 53.4 Å². The summed E-state index contributed by atoms with van der Waals surface area (Å²) in [5, 5.41) is 1.11. The third-order valence-corrected chi connectivity index (χ3v) is 8.39. The molecule has 2 aromatic carbocycles. The summed E-state index contributed by atoms with van der Waals surface area (Å²) in [5.74, 6) is 1.44. The van der Waals surface area contributed by atoms with Crippen LogP contribution in [0.3, 0.4) is 0 Å². The first-order valence-electron chi connectivity index (χ1n) is 11.1. The number of aromatic nitrogens is 3. The van der Waals surface area contributed by atoms with Crippen LogP contribution in [0.4, 0.5) is 0 Å². The molecule has 1 atom stereocenters. The molecule has 2 aliphatic rings. The highest BCUT2D eigenvalue weighted by Crippen LogP contribution is 2.45. The van der Waals surface area contributed by atoms with E-state index in [4.69, 9.17) is 9.97 Å². The molecule has 3 heterocycles. The third-order valence-electron chi connectivity index (χ3n) is 6.35. The van der Waals surface area contributed by atoms with Gasteiger partial charge < -0.3 is 9.88 Å². The fourth-order valence-electron chi connectivity index (χ4n) is 4.55. The maximum Gasteiger partial charge on any atom is 0.274 e. The van der Waals surface area contributed by atoms with Crippen molar-refractivity contribution in [3.8, 4) is 10.4 Å². The number of rotatable bonds is 5. The van der Waals surface area contributed by atoms with Gasteiger partial charge in [-0.1, -0.05) is 36.4 Å². The highest BCUT2D eigenvalue weighted by molar-refractivity contribution is 7.98. The minimum absolute atomic E-state index is 0.0278. The van der Waals surface area contributed by atoms with Crippen molar-refractivity contribution in [1.29, 1.82) is 0 Å². The monoisotopic (exact) mass is 460 g/mol. The minimum atomic E-state index is -0.0423. The van der Waals surface area contributed by atoms with Crippen molar-refractivity contribution in [2.24, 2.45) is 0 Å². The molecular formula is C25H24N4OS2. The van der Waals surface area contributed by atoms with Crippen LogP contribution in [-0.2, 0) is 0 Å². The molecular weight excluding hydrogens is 436 g/mol. The fraction of sp³-hybridized carbons (Fsp3) is 0.320. The molecule has 0 spiro atoms. The van der Waals surface area contributed by atoms with E-state index >= 15 is 0 Å². The summed E-state index contributed by atoms with van der Waals surface area (Å²) in [6.07, 6.45) is 6.32. The van der Waals surface area contributed by atoms with Gasteiger partial charge in [0.1, 0.15) is 17.0 Å². The third kappa shape index (κ3) is 3.44. The van der Waals surface area contributed by atoms with Gasteiger partial charge in [-0.15, -0.1) is 23.1 Å². The van der Waals surface area contributed by atoms with Crippen LogP contribution >= 0.6 is 23.1 Å². The number of aromatic amines is 1. The highest BCUT2D eigenvalue weighted by Gasteiger charge is 2.37. The van der Waals surface area contributed by atoms with Gasteiger partial charge in [0, 0.05) is 17.4 Å². The Hall–Kier alpha value is -2.64. The van der Waals surface area contributed by atoms with E-state index in [9.17, 15) is 4.79 Å². The quantitative estimate of drug-likeness (QED) is 0.357. The summed E-state index contributed by atoms with van der Waals surface area (Å²) in [6.45, 7) is 0.737. The van der Waals surface area contributed by atoms with Crippen molar-refractivity contribution >= 4 is 40.0 Å². The first-order chi connectivity index (χ1) is 15.7. The van der Waals surface area contributed by atoms with Crippen molar-refractivity contribution in [3.05, 3.63) is 65.1 Å². The van der Waals surface area contributed by atoms with Gasteiger partial charge in [-0.05, 0) is 49.6 Å². The molecule has 1 N–H and O–H groups in total. The van der Waals surface area contributed by atoms with Crippen LogP contribution in [0.2, 0.25) is 0 Å². The Balaban J connectivity index is 1.38. The number of fused-ring (bicyclic) bond motifs is 1. The standard InChI is InChI=1S/C25H24N4OS2/c1-31-19-11-5-9-17-20(19)27-23(26-17)18-10-6-14-29(18)25(30)21-22(15-7-3-2-4-8-15)32-24(28-21)16-12-13-16/h2-5,7-9,11,16,18H,6,10,12-14H2,1H3,(H,26,27). The van der Waals surface area contributed by atoms with Gasteiger partial charge >= 0.3 is 0 Å². The lowest BCUT2D eigenvalue weighted by Crippen LogP contribution is -2.31. The van der Waals surface area contributed by atoms with Gasteiger partial charge in [0.15, 0.2) is 0 Å². The van der Waals surface area contributed by atoms with Crippen LogP contribution in [0, 0.1) is 0 Å². The number of thioether (sulfide) groups is 1. The number of imidazole rings is 1. The van der Waals surface area contributed by atoms with E-state index in [2.05, 4.69) is 41.6 Å². The molecule has 1 amide bonds. The average Bonchev–Trinajstić information content (AvgIpc) is 3.24. The Morgan fingerprint density at radius 3 is 2.72 bits per heavy atom. The van der Waals surface area contributed by atoms with E-state index in [1.807, 2.05) is 23.1 Å². The van der Waals surface area contributed by atoms with Crippen LogP contribution < -0.4 is 0 Å². The molecule has 5 nitrogen and oxygen atoms in total. The molecule has 7 heteroatoms. The van der Waals surface area contributed by atoms with E-state index in [0.29, 0.717) is 11.6 Å². The van der Waals surface area contributed by atoms with Gasteiger partial charge in [0.25, 0.3) is 5.91 Å². The Morgan fingerprint density at radius 2 is 1.94 bits per heavy atom. The van der Waals surface area contributed by atoms with Crippen LogP contribution in [0.25, 0.3) is 21.5 Å². The lowest BCUT2D eigenvalue weighted by molar-refractivity contribution is 0.0726. The van der Waals surface area contributed by atoms with Crippen molar-refractivity contribution in [3.63, 3.8) is 0 Å². The number of para-hydroxylation sites is 1. The first-order valence-corrected chi connectivity index (χ1v) is 13.2. The Labute approximate surface area is 195 Å². The summed E-state index contributed by atoms with van der Waals surface area (Å²) in [6, 6.07) is 16.4. The van der Waals surface area contributed by atoms with Gasteiger partial charge in [0.05, 0.1) is 21.4 Å². The summed E-state index contributed by atoms with van der Waals surface area (Å²) >= 11 is 3.39. The Bertz CT molecular complexity index is 1290. The van der Waals surface area contributed by atoms with Gasteiger partial charge in [-0.25, -0.2) is 9.97 Å². The summed E-state index contributed by atoms with van der Waals surface area (Å²) in [7, 11) is 0. The molecule has 162 valence electrons. The second kappa shape index (κ2) is 8.05. The number of amides is 1. The maximum absolute atomic E-state index is 13.8. The predicted molar refractivity (Wildman–Crippen MR) is 130 cm³/mol. The number of H-pyrrole nitrogens is 1. The van der Waals surface area contributed by atoms with Crippen LogP contribution in [-0.4, -0.2) is 38.6 Å². The first kappa shape index (κ1) is 20.0. The molecule has 32 heavy (non-hydrogen) atoms. The maximum atomic E-state index is 13.8. The highest BCUT2D eigenvalue weighted by atomic mass is 32.2. The van der Waals surface area contributed by atoms with Gasteiger partial charge in [0.2, 0.25) is 0 Å². The number of nitrogens with zero attached hydrogens (tertiary/aromatic N) is 3. The number of hydrogen-bond donors (Lipinski definition) is 1. The van der Waals surface area contributed by atoms with E-state index in [1.54, 1.807) is 23.1 Å². The number of carbonyl (C=O) groups is 1. The molecule has 0 radical (unpaired) electrons. The topological polar surface area (TPSA) is 61.9 Å². The SMILES string of the molecule is CSc1cccc2[nH]c(C3CCCN3C(=O)c3nc(C4CC4)sc3-c3ccccc3)nc12. The Morgan fingerprint density at radius 1 is 1.09 bits per heavy atom. The van der Waals surface area contributed by atoms with Gasteiger partial charge in [-0.3, -0.25) is 4.79 Å². The lowest BCUT2D eigenvalue weighted by atomic mass is 10.1. The molecule has 1 saturated carbocycles. The van der Waals surface area contributed by atoms with Crippen molar-refractivity contribution < 1.29 is 4.79 Å². The van der Waals surface area contributed by atoms with Crippen LogP contribution in [0.5, 0.6) is 0 Å². The number of carbonyl (C=O) groups excluding carboxylic acids is 1. The van der Waals surface area contributed by atoms with Crippen LogP contribution in [0.1, 0.15) is 59.0 Å².